The van der Waals surface area contributed by atoms with Crippen LogP contribution in [0.2, 0.25) is 0 Å². The summed E-state index contributed by atoms with van der Waals surface area (Å²) in [5.41, 5.74) is 5.01. The average Bonchev–Trinajstić information content (AvgIpc) is 2.36. The van der Waals surface area contributed by atoms with Crippen LogP contribution in [0, 0.1) is 11.3 Å². The molecular weight excluding hydrogens is 244 g/mol. The normalized spacial score (nSPS) is 20.0. The van der Waals surface area contributed by atoms with E-state index >= 15 is 0 Å². The van der Waals surface area contributed by atoms with E-state index in [9.17, 15) is 14.7 Å². The highest BCUT2D eigenvalue weighted by Gasteiger charge is 2.40. The molecule has 5 heteroatoms. The van der Waals surface area contributed by atoms with Gasteiger partial charge in [-0.25, -0.2) is 0 Å². The molecular formula is C14H26N2O3. The van der Waals surface area contributed by atoms with E-state index in [1.165, 1.54) is 0 Å². The van der Waals surface area contributed by atoms with Crippen LogP contribution in [0.3, 0.4) is 0 Å². The van der Waals surface area contributed by atoms with E-state index in [0.717, 1.165) is 19.3 Å². The van der Waals surface area contributed by atoms with Gasteiger partial charge in [0, 0.05) is 6.54 Å². The highest BCUT2D eigenvalue weighted by Crippen LogP contribution is 2.36. The fourth-order valence-corrected chi connectivity index (χ4v) is 2.70. The van der Waals surface area contributed by atoms with Crippen molar-refractivity contribution in [3.8, 4) is 0 Å². The first kappa shape index (κ1) is 16.0. The summed E-state index contributed by atoms with van der Waals surface area (Å²) in [4.78, 5) is 23.3. The summed E-state index contributed by atoms with van der Waals surface area (Å²) in [6, 6.07) is -0.547. The van der Waals surface area contributed by atoms with Crippen molar-refractivity contribution >= 4 is 11.9 Å². The lowest BCUT2D eigenvalue weighted by molar-refractivity contribution is -0.151. The van der Waals surface area contributed by atoms with Gasteiger partial charge in [-0.15, -0.1) is 0 Å². The SMILES string of the molecule is CC(C)C[C@H](N)C(=O)NCC1(C(=O)O)CCCCC1. The molecule has 1 fully saturated rings. The minimum absolute atomic E-state index is 0.201. The maximum Gasteiger partial charge on any atom is 0.311 e. The van der Waals surface area contributed by atoms with Gasteiger partial charge < -0.3 is 16.2 Å². The molecule has 0 spiro atoms. The second-order valence-electron chi connectivity index (χ2n) is 6.10. The quantitative estimate of drug-likeness (QED) is 0.682. The molecule has 4 N–H and O–H groups in total. The van der Waals surface area contributed by atoms with Crippen LogP contribution in [0.1, 0.15) is 52.4 Å². The maximum absolute atomic E-state index is 11.9. The number of rotatable bonds is 6. The van der Waals surface area contributed by atoms with Crippen LogP contribution in [0.4, 0.5) is 0 Å². The molecule has 1 aliphatic rings. The first-order valence-electron chi connectivity index (χ1n) is 7.14. The molecule has 110 valence electrons. The fourth-order valence-electron chi connectivity index (χ4n) is 2.70. The molecule has 1 atom stereocenters. The second kappa shape index (κ2) is 6.89. The predicted octanol–water partition coefficient (Wildman–Crippen LogP) is 1.51. The summed E-state index contributed by atoms with van der Waals surface area (Å²) in [6.45, 7) is 4.22. The lowest BCUT2D eigenvalue weighted by Gasteiger charge is -2.33. The van der Waals surface area contributed by atoms with Gasteiger partial charge in [0.15, 0.2) is 0 Å². The number of carbonyl (C=O) groups excluding carboxylic acids is 1. The maximum atomic E-state index is 11.9. The van der Waals surface area contributed by atoms with Crippen LogP contribution in [0.25, 0.3) is 0 Å². The Morgan fingerprint density at radius 2 is 1.84 bits per heavy atom. The third-order valence-electron chi connectivity index (χ3n) is 3.93. The summed E-state index contributed by atoms with van der Waals surface area (Å²) < 4.78 is 0. The lowest BCUT2D eigenvalue weighted by Crippen LogP contribution is -2.49. The van der Waals surface area contributed by atoms with Crippen LogP contribution in [-0.2, 0) is 9.59 Å². The van der Waals surface area contributed by atoms with E-state index < -0.39 is 17.4 Å². The van der Waals surface area contributed by atoms with E-state index in [0.29, 0.717) is 25.2 Å². The first-order chi connectivity index (χ1) is 8.87. The Labute approximate surface area is 114 Å². The summed E-state index contributed by atoms with van der Waals surface area (Å²) in [5, 5.41) is 12.1. The number of carboxylic acid groups (broad SMARTS) is 1. The van der Waals surface area contributed by atoms with E-state index in [4.69, 9.17) is 5.73 Å². The number of hydrogen-bond acceptors (Lipinski definition) is 3. The molecule has 0 heterocycles. The Morgan fingerprint density at radius 3 is 2.32 bits per heavy atom. The molecule has 19 heavy (non-hydrogen) atoms. The largest absolute Gasteiger partial charge is 0.481 e. The highest BCUT2D eigenvalue weighted by molar-refractivity contribution is 5.82. The summed E-state index contributed by atoms with van der Waals surface area (Å²) in [7, 11) is 0. The number of carbonyl (C=O) groups is 2. The van der Waals surface area contributed by atoms with Gasteiger partial charge in [0.2, 0.25) is 5.91 Å². The van der Waals surface area contributed by atoms with Gasteiger partial charge in [0.1, 0.15) is 0 Å². The first-order valence-corrected chi connectivity index (χ1v) is 7.14. The minimum atomic E-state index is -0.801. The van der Waals surface area contributed by atoms with Crippen molar-refractivity contribution in [1.29, 1.82) is 0 Å². The van der Waals surface area contributed by atoms with Crippen molar-refractivity contribution in [3.05, 3.63) is 0 Å². The molecule has 0 saturated heterocycles. The topological polar surface area (TPSA) is 92.4 Å². The highest BCUT2D eigenvalue weighted by atomic mass is 16.4. The van der Waals surface area contributed by atoms with Crippen LogP contribution in [0.5, 0.6) is 0 Å². The van der Waals surface area contributed by atoms with Crippen molar-refractivity contribution < 1.29 is 14.7 Å². The Bertz CT molecular complexity index is 323. The molecule has 1 aliphatic carbocycles. The standard InChI is InChI=1S/C14H26N2O3/c1-10(2)8-11(15)12(17)16-9-14(13(18)19)6-4-3-5-7-14/h10-11H,3-9,15H2,1-2H3,(H,16,17)(H,18,19)/t11-/m0/s1. The van der Waals surface area contributed by atoms with Crippen molar-refractivity contribution in [2.45, 2.75) is 58.4 Å². The smallest absolute Gasteiger partial charge is 0.311 e. The average molecular weight is 270 g/mol. The zero-order chi connectivity index (χ0) is 14.5. The van der Waals surface area contributed by atoms with E-state index in [-0.39, 0.29) is 12.5 Å². The van der Waals surface area contributed by atoms with Gasteiger partial charge in [-0.3, -0.25) is 9.59 Å². The molecule has 0 aromatic rings. The summed E-state index contributed by atoms with van der Waals surface area (Å²) in [6.07, 6.45) is 4.81. The third kappa shape index (κ3) is 4.49. The van der Waals surface area contributed by atoms with Crippen molar-refractivity contribution in [3.63, 3.8) is 0 Å². The number of amides is 1. The molecule has 1 rings (SSSR count). The molecule has 0 radical (unpaired) electrons. The van der Waals surface area contributed by atoms with Crippen molar-refractivity contribution in [2.75, 3.05) is 6.54 Å². The summed E-state index contributed by atoms with van der Waals surface area (Å²) in [5.74, 6) is -0.686. The van der Waals surface area contributed by atoms with Gasteiger partial charge in [-0.05, 0) is 25.2 Å². The van der Waals surface area contributed by atoms with E-state index in [1.807, 2.05) is 13.8 Å². The monoisotopic (exact) mass is 270 g/mol. The lowest BCUT2D eigenvalue weighted by atomic mass is 9.74. The zero-order valence-electron chi connectivity index (χ0n) is 11.9. The van der Waals surface area contributed by atoms with Crippen LogP contribution in [-0.4, -0.2) is 29.6 Å². The molecule has 1 amide bonds. The van der Waals surface area contributed by atoms with Crippen LogP contribution < -0.4 is 11.1 Å². The van der Waals surface area contributed by atoms with Gasteiger partial charge in [0.25, 0.3) is 0 Å². The van der Waals surface area contributed by atoms with E-state index in [2.05, 4.69) is 5.32 Å². The number of nitrogens with two attached hydrogens (primary N) is 1. The zero-order valence-corrected chi connectivity index (χ0v) is 11.9. The Morgan fingerprint density at radius 1 is 1.26 bits per heavy atom. The van der Waals surface area contributed by atoms with Crippen molar-refractivity contribution in [2.24, 2.45) is 17.1 Å². The van der Waals surface area contributed by atoms with E-state index in [1.54, 1.807) is 0 Å². The Balaban J connectivity index is 2.52. The molecule has 0 bridgehead atoms. The second-order valence-corrected chi connectivity index (χ2v) is 6.10. The van der Waals surface area contributed by atoms with Crippen LogP contribution in [0.15, 0.2) is 0 Å². The van der Waals surface area contributed by atoms with Gasteiger partial charge in [-0.2, -0.15) is 0 Å². The number of carboxylic acids is 1. The molecule has 0 aromatic heterocycles. The van der Waals surface area contributed by atoms with Gasteiger partial charge in [-0.1, -0.05) is 33.1 Å². The van der Waals surface area contributed by atoms with Gasteiger partial charge in [0.05, 0.1) is 11.5 Å². The Hall–Kier alpha value is -1.10. The summed E-state index contributed by atoms with van der Waals surface area (Å²) >= 11 is 0. The number of hydrogen-bond donors (Lipinski definition) is 3. The molecule has 0 unspecified atom stereocenters. The molecule has 0 aliphatic heterocycles. The Kier molecular flexibility index (Phi) is 5.79. The minimum Gasteiger partial charge on any atom is -0.481 e. The number of nitrogens with one attached hydrogen (secondary N) is 1. The number of aliphatic carboxylic acids is 1. The molecule has 1 saturated carbocycles. The molecule has 0 aromatic carbocycles. The third-order valence-corrected chi connectivity index (χ3v) is 3.93. The molecule has 5 nitrogen and oxygen atoms in total. The van der Waals surface area contributed by atoms with Crippen molar-refractivity contribution in [1.82, 2.24) is 5.32 Å². The van der Waals surface area contributed by atoms with Crippen LogP contribution >= 0.6 is 0 Å². The van der Waals surface area contributed by atoms with Gasteiger partial charge >= 0.3 is 5.97 Å². The fraction of sp³-hybridized carbons (Fsp3) is 0.857. The predicted molar refractivity (Wildman–Crippen MR) is 73.6 cm³/mol.